The van der Waals surface area contributed by atoms with Gasteiger partial charge in [-0.2, -0.15) is 0 Å². The summed E-state index contributed by atoms with van der Waals surface area (Å²) in [6, 6.07) is 8.55. The summed E-state index contributed by atoms with van der Waals surface area (Å²) < 4.78 is 5.28. The van der Waals surface area contributed by atoms with Crippen LogP contribution in [0.2, 0.25) is 0 Å². The molecule has 0 heterocycles. The Kier molecular flexibility index (Phi) is 8.12. The van der Waals surface area contributed by atoms with E-state index in [4.69, 9.17) is 9.84 Å². The number of benzene rings is 1. The lowest BCUT2D eigenvalue weighted by molar-refractivity contribution is -0.138. The highest BCUT2D eigenvalue weighted by Crippen LogP contribution is 2.16. The van der Waals surface area contributed by atoms with Crippen molar-refractivity contribution in [2.24, 2.45) is 0 Å². The third kappa shape index (κ3) is 7.46. The Labute approximate surface area is 125 Å². The number of amides is 1. The molecule has 21 heavy (non-hydrogen) atoms. The summed E-state index contributed by atoms with van der Waals surface area (Å²) in [5.74, 6) is -1.24. The maximum atomic E-state index is 11.8. The lowest BCUT2D eigenvalue weighted by Gasteiger charge is -2.17. The minimum atomic E-state index is -0.951. The molecule has 5 heteroatoms. The summed E-state index contributed by atoms with van der Waals surface area (Å²) >= 11 is 0. The van der Waals surface area contributed by atoms with E-state index in [9.17, 15) is 9.59 Å². The molecule has 0 saturated heterocycles. The zero-order valence-electron chi connectivity index (χ0n) is 12.4. The van der Waals surface area contributed by atoms with Gasteiger partial charge in [-0.3, -0.25) is 9.59 Å². The third-order valence-corrected chi connectivity index (χ3v) is 3.04. The van der Waals surface area contributed by atoms with Crippen LogP contribution in [-0.4, -0.2) is 30.2 Å². The smallest absolute Gasteiger partial charge is 0.305 e. The quantitative estimate of drug-likeness (QED) is 0.650. The van der Waals surface area contributed by atoms with Crippen molar-refractivity contribution in [2.75, 3.05) is 13.2 Å². The number of carbonyl (C=O) groups excluding carboxylic acids is 1. The normalized spacial score (nSPS) is 11.9. The Balaban J connectivity index is 2.45. The Morgan fingerprint density at radius 1 is 1.24 bits per heavy atom. The Hall–Kier alpha value is -1.88. The molecule has 2 N–H and O–H groups in total. The number of rotatable bonds is 10. The number of carboxylic acids is 1. The van der Waals surface area contributed by atoms with Crippen molar-refractivity contribution in [3.05, 3.63) is 35.9 Å². The van der Waals surface area contributed by atoms with Crippen molar-refractivity contribution in [1.29, 1.82) is 0 Å². The Morgan fingerprint density at radius 3 is 2.57 bits per heavy atom. The summed E-state index contributed by atoms with van der Waals surface area (Å²) in [5, 5.41) is 11.7. The van der Waals surface area contributed by atoms with Crippen molar-refractivity contribution in [3.63, 3.8) is 0 Å². The van der Waals surface area contributed by atoms with Crippen LogP contribution in [0.25, 0.3) is 0 Å². The number of carbonyl (C=O) groups is 2. The van der Waals surface area contributed by atoms with E-state index in [1.54, 1.807) is 12.1 Å². The van der Waals surface area contributed by atoms with Crippen LogP contribution in [0.4, 0.5) is 0 Å². The fourth-order valence-electron chi connectivity index (χ4n) is 1.97. The van der Waals surface area contributed by atoms with Gasteiger partial charge < -0.3 is 15.2 Å². The Bertz CT molecular complexity index is 433. The number of aliphatic carboxylic acids is 1. The van der Waals surface area contributed by atoms with Gasteiger partial charge in [0.2, 0.25) is 5.91 Å². The third-order valence-electron chi connectivity index (χ3n) is 3.04. The van der Waals surface area contributed by atoms with Crippen molar-refractivity contribution in [3.8, 4) is 0 Å². The topological polar surface area (TPSA) is 75.6 Å². The number of unbranched alkanes of at least 4 members (excludes halogenated alkanes) is 2. The van der Waals surface area contributed by atoms with E-state index in [1.807, 2.05) is 18.2 Å². The van der Waals surface area contributed by atoms with Crippen LogP contribution >= 0.6 is 0 Å². The average molecular weight is 293 g/mol. The predicted octanol–water partition coefficient (Wildman–Crippen LogP) is 2.53. The SMILES string of the molecule is CCCCCOCC(=O)NC(CC(=O)O)c1ccccc1. The second-order valence-electron chi connectivity index (χ2n) is 4.89. The molecule has 1 unspecified atom stereocenters. The maximum Gasteiger partial charge on any atom is 0.305 e. The van der Waals surface area contributed by atoms with Crippen LogP contribution < -0.4 is 5.32 Å². The number of hydrogen-bond acceptors (Lipinski definition) is 3. The Morgan fingerprint density at radius 2 is 1.95 bits per heavy atom. The molecule has 0 fully saturated rings. The van der Waals surface area contributed by atoms with Crippen molar-refractivity contribution in [2.45, 2.75) is 38.6 Å². The van der Waals surface area contributed by atoms with E-state index in [0.717, 1.165) is 24.8 Å². The van der Waals surface area contributed by atoms with E-state index in [-0.39, 0.29) is 18.9 Å². The largest absolute Gasteiger partial charge is 0.481 e. The van der Waals surface area contributed by atoms with Gasteiger partial charge in [0.15, 0.2) is 0 Å². The monoisotopic (exact) mass is 293 g/mol. The van der Waals surface area contributed by atoms with Crippen LogP contribution in [0.5, 0.6) is 0 Å². The summed E-state index contributed by atoms with van der Waals surface area (Å²) in [4.78, 5) is 22.7. The first-order valence-corrected chi connectivity index (χ1v) is 7.27. The van der Waals surface area contributed by atoms with Gasteiger partial charge in [0.1, 0.15) is 6.61 Å². The molecule has 0 spiro atoms. The van der Waals surface area contributed by atoms with E-state index in [0.29, 0.717) is 6.61 Å². The van der Waals surface area contributed by atoms with Crippen LogP contribution in [0.15, 0.2) is 30.3 Å². The molecular formula is C16H23NO4. The molecule has 0 radical (unpaired) electrons. The van der Waals surface area contributed by atoms with Gasteiger partial charge in [0.25, 0.3) is 0 Å². The lowest BCUT2D eigenvalue weighted by Crippen LogP contribution is -2.33. The van der Waals surface area contributed by atoms with E-state index >= 15 is 0 Å². The van der Waals surface area contributed by atoms with Crippen molar-refractivity contribution < 1.29 is 19.4 Å². The standard InChI is InChI=1S/C16H23NO4/c1-2-3-7-10-21-12-15(18)17-14(11-16(19)20)13-8-5-4-6-9-13/h4-6,8-9,14H,2-3,7,10-12H2,1H3,(H,17,18)(H,19,20). The van der Waals surface area contributed by atoms with Gasteiger partial charge in [-0.05, 0) is 12.0 Å². The van der Waals surface area contributed by atoms with Crippen LogP contribution in [0.1, 0.15) is 44.2 Å². The first-order valence-electron chi connectivity index (χ1n) is 7.27. The fourth-order valence-corrected chi connectivity index (χ4v) is 1.97. The van der Waals surface area contributed by atoms with E-state index in [2.05, 4.69) is 12.2 Å². The molecule has 0 aliphatic carbocycles. The first-order chi connectivity index (χ1) is 10.1. The van der Waals surface area contributed by atoms with E-state index < -0.39 is 12.0 Å². The molecule has 0 aliphatic rings. The summed E-state index contributed by atoms with van der Waals surface area (Å²) in [6.45, 7) is 2.62. The van der Waals surface area contributed by atoms with Gasteiger partial charge in [0.05, 0.1) is 12.5 Å². The molecule has 1 atom stereocenters. The minimum Gasteiger partial charge on any atom is -0.481 e. The van der Waals surface area contributed by atoms with E-state index in [1.165, 1.54) is 0 Å². The minimum absolute atomic E-state index is 0.0351. The highest BCUT2D eigenvalue weighted by Gasteiger charge is 2.17. The summed E-state index contributed by atoms with van der Waals surface area (Å²) in [5.41, 5.74) is 0.777. The van der Waals surface area contributed by atoms with Crippen LogP contribution in [0.3, 0.4) is 0 Å². The average Bonchev–Trinajstić information content (AvgIpc) is 2.47. The molecule has 1 aromatic carbocycles. The molecule has 5 nitrogen and oxygen atoms in total. The highest BCUT2D eigenvalue weighted by atomic mass is 16.5. The molecule has 1 amide bonds. The number of nitrogens with one attached hydrogen (secondary N) is 1. The lowest BCUT2D eigenvalue weighted by atomic mass is 10.0. The summed E-state index contributed by atoms with van der Waals surface area (Å²) in [6.07, 6.45) is 2.96. The van der Waals surface area contributed by atoms with Gasteiger partial charge in [-0.1, -0.05) is 50.1 Å². The number of carboxylic acid groups (broad SMARTS) is 1. The zero-order chi connectivity index (χ0) is 15.5. The van der Waals surface area contributed by atoms with Gasteiger partial charge in [0, 0.05) is 6.61 Å². The van der Waals surface area contributed by atoms with Crippen LogP contribution in [-0.2, 0) is 14.3 Å². The number of hydrogen-bond donors (Lipinski definition) is 2. The molecule has 1 aromatic rings. The van der Waals surface area contributed by atoms with Crippen molar-refractivity contribution in [1.82, 2.24) is 5.32 Å². The molecule has 0 saturated carbocycles. The van der Waals surface area contributed by atoms with Crippen molar-refractivity contribution >= 4 is 11.9 Å². The van der Waals surface area contributed by atoms with Gasteiger partial charge in [-0.25, -0.2) is 0 Å². The second kappa shape index (κ2) is 9.94. The van der Waals surface area contributed by atoms with Gasteiger partial charge in [-0.15, -0.1) is 0 Å². The first kappa shape index (κ1) is 17.2. The highest BCUT2D eigenvalue weighted by molar-refractivity contribution is 5.78. The predicted molar refractivity (Wildman–Crippen MR) is 79.9 cm³/mol. The molecule has 0 aliphatic heterocycles. The second-order valence-corrected chi connectivity index (χ2v) is 4.89. The number of ether oxygens (including phenoxy) is 1. The fraction of sp³-hybridized carbons (Fsp3) is 0.500. The molecule has 0 aromatic heterocycles. The molecular weight excluding hydrogens is 270 g/mol. The van der Waals surface area contributed by atoms with Crippen LogP contribution in [0, 0.1) is 0 Å². The molecule has 1 rings (SSSR count). The molecule has 0 bridgehead atoms. The summed E-state index contributed by atoms with van der Waals surface area (Å²) in [7, 11) is 0. The molecule has 116 valence electrons. The zero-order valence-corrected chi connectivity index (χ0v) is 12.4. The van der Waals surface area contributed by atoms with Gasteiger partial charge >= 0.3 is 5.97 Å². The maximum absolute atomic E-state index is 11.8.